The second kappa shape index (κ2) is 5.69. The number of nitrogens with zero attached hydrogens (tertiary/aromatic N) is 1. The summed E-state index contributed by atoms with van der Waals surface area (Å²) in [6.45, 7) is 1.92. The van der Waals surface area contributed by atoms with Crippen LogP contribution in [0.5, 0.6) is 0 Å². The first-order chi connectivity index (χ1) is 7.25. The molecule has 1 amide bonds. The van der Waals surface area contributed by atoms with Crippen LogP contribution in [0, 0.1) is 16.7 Å². The molecule has 0 spiro atoms. The number of nitriles is 1. The van der Waals surface area contributed by atoms with Crippen LogP contribution in [-0.2, 0) is 9.53 Å². The Labute approximate surface area is 89.6 Å². The van der Waals surface area contributed by atoms with Gasteiger partial charge in [-0.05, 0) is 12.8 Å². The van der Waals surface area contributed by atoms with Gasteiger partial charge >= 0.3 is 0 Å². The van der Waals surface area contributed by atoms with Crippen LogP contribution in [0.15, 0.2) is 0 Å². The lowest BCUT2D eigenvalue weighted by atomic mass is 9.79. The molecule has 0 aromatic heterocycles. The van der Waals surface area contributed by atoms with Gasteiger partial charge in [-0.1, -0.05) is 0 Å². The standard InChI is InChI=1S/C10H17N3O2/c11-4-1-5-13-9(14)10(8-12)2-6-15-7-3-10/h1-3,5-8,12H2,(H,13,14). The third-order valence-corrected chi connectivity index (χ3v) is 2.84. The van der Waals surface area contributed by atoms with E-state index < -0.39 is 5.41 Å². The Morgan fingerprint density at radius 2 is 2.20 bits per heavy atom. The van der Waals surface area contributed by atoms with Gasteiger partial charge in [0.05, 0.1) is 17.9 Å². The van der Waals surface area contributed by atoms with Gasteiger partial charge in [-0.3, -0.25) is 4.79 Å². The van der Waals surface area contributed by atoms with E-state index in [0.29, 0.717) is 45.6 Å². The van der Waals surface area contributed by atoms with Crippen LogP contribution < -0.4 is 11.1 Å². The predicted molar refractivity (Wildman–Crippen MR) is 54.8 cm³/mol. The van der Waals surface area contributed by atoms with Gasteiger partial charge in [0, 0.05) is 26.3 Å². The van der Waals surface area contributed by atoms with Crippen molar-refractivity contribution in [2.45, 2.75) is 19.3 Å². The summed E-state index contributed by atoms with van der Waals surface area (Å²) < 4.78 is 5.21. The maximum atomic E-state index is 11.9. The molecular weight excluding hydrogens is 194 g/mol. The van der Waals surface area contributed by atoms with E-state index in [0.717, 1.165) is 0 Å². The number of rotatable bonds is 4. The van der Waals surface area contributed by atoms with E-state index in [1.807, 2.05) is 6.07 Å². The SMILES string of the molecule is N#CCCNC(=O)C1(CN)CCOCC1. The van der Waals surface area contributed by atoms with Gasteiger partial charge in [0.15, 0.2) is 0 Å². The lowest BCUT2D eigenvalue weighted by molar-refractivity contribution is -0.135. The predicted octanol–water partition coefficient (Wildman–Crippen LogP) is -0.228. The largest absolute Gasteiger partial charge is 0.381 e. The van der Waals surface area contributed by atoms with Crippen molar-refractivity contribution in [3.63, 3.8) is 0 Å². The van der Waals surface area contributed by atoms with Crippen LogP contribution in [-0.4, -0.2) is 32.2 Å². The zero-order chi connectivity index (χ0) is 11.1. The number of carbonyl (C=O) groups is 1. The molecule has 0 atom stereocenters. The molecule has 5 heteroatoms. The average Bonchev–Trinajstić information content (AvgIpc) is 2.30. The molecule has 1 aliphatic heterocycles. The highest BCUT2D eigenvalue weighted by atomic mass is 16.5. The highest BCUT2D eigenvalue weighted by Crippen LogP contribution is 2.29. The lowest BCUT2D eigenvalue weighted by Crippen LogP contribution is -2.49. The van der Waals surface area contributed by atoms with E-state index in [1.165, 1.54) is 0 Å². The van der Waals surface area contributed by atoms with Gasteiger partial charge in [0.1, 0.15) is 0 Å². The second-order valence-corrected chi connectivity index (χ2v) is 3.76. The van der Waals surface area contributed by atoms with E-state index in [9.17, 15) is 4.79 Å². The summed E-state index contributed by atoms with van der Waals surface area (Å²) in [5.74, 6) is -0.0384. The number of carbonyl (C=O) groups excluding carboxylic acids is 1. The van der Waals surface area contributed by atoms with E-state index in [1.54, 1.807) is 0 Å². The fourth-order valence-electron chi connectivity index (χ4n) is 1.71. The molecule has 1 rings (SSSR count). The van der Waals surface area contributed by atoms with Crippen LogP contribution in [0.2, 0.25) is 0 Å². The Bertz CT molecular complexity index is 254. The molecule has 0 bridgehead atoms. The van der Waals surface area contributed by atoms with Gasteiger partial charge in [0.2, 0.25) is 5.91 Å². The molecule has 0 saturated carbocycles. The van der Waals surface area contributed by atoms with Crippen LogP contribution in [0.4, 0.5) is 0 Å². The number of nitrogens with two attached hydrogens (primary N) is 1. The molecule has 1 saturated heterocycles. The maximum Gasteiger partial charge on any atom is 0.227 e. The van der Waals surface area contributed by atoms with Gasteiger partial charge in [0.25, 0.3) is 0 Å². The minimum atomic E-state index is -0.478. The summed E-state index contributed by atoms with van der Waals surface area (Å²) in [4.78, 5) is 11.9. The molecule has 3 N–H and O–H groups in total. The smallest absolute Gasteiger partial charge is 0.227 e. The number of hydrogen-bond donors (Lipinski definition) is 2. The first-order valence-corrected chi connectivity index (χ1v) is 5.18. The Morgan fingerprint density at radius 1 is 1.53 bits per heavy atom. The number of amides is 1. The molecule has 5 nitrogen and oxygen atoms in total. The van der Waals surface area contributed by atoms with Gasteiger partial charge < -0.3 is 15.8 Å². The topological polar surface area (TPSA) is 88.1 Å². The molecule has 0 aromatic rings. The maximum absolute atomic E-state index is 11.9. The first kappa shape index (κ1) is 12.0. The van der Waals surface area contributed by atoms with Crippen molar-refractivity contribution in [2.75, 3.05) is 26.3 Å². The number of hydrogen-bond acceptors (Lipinski definition) is 4. The number of ether oxygens (including phenoxy) is 1. The summed E-state index contributed by atoms with van der Waals surface area (Å²) in [5.41, 5.74) is 5.18. The Morgan fingerprint density at radius 3 is 2.73 bits per heavy atom. The fraction of sp³-hybridized carbons (Fsp3) is 0.800. The van der Waals surface area contributed by atoms with Crippen LogP contribution in [0.3, 0.4) is 0 Å². The van der Waals surface area contributed by atoms with Crippen molar-refractivity contribution >= 4 is 5.91 Å². The first-order valence-electron chi connectivity index (χ1n) is 5.18. The highest BCUT2D eigenvalue weighted by molar-refractivity contribution is 5.83. The summed E-state index contributed by atoms with van der Waals surface area (Å²) >= 11 is 0. The average molecular weight is 211 g/mol. The lowest BCUT2D eigenvalue weighted by Gasteiger charge is -2.34. The Balaban J connectivity index is 2.49. The molecule has 0 aliphatic carbocycles. The fourth-order valence-corrected chi connectivity index (χ4v) is 1.71. The van der Waals surface area contributed by atoms with Crippen molar-refractivity contribution in [3.8, 4) is 6.07 Å². The van der Waals surface area contributed by atoms with E-state index in [-0.39, 0.29) is 5.91 Å². The molecule has 0 radical (unpaired) electrons. The summed E-state index contributed by atoms with van der Waals surface area (Å²) in [7, 11) is 0. The third kappa shape index (κ3) is 2.91. The van der Waals surface area contributed by atoms with Crippen LogP contribution >= 0.6 is 0 Å². The zero-order valence-corrected chi connectivity index (χ0v) is 8.79. The van der Waals surface area contributed by atoms with Crippen molar-refractivity contribution in [2.24, 2.45) is 11.1 Å². The molecule has 0 aromatic carbocycles. The highest BCUT2D eigenvalue weighted by Gasteiger charge is 2.38. The van der Waals surface area contributed by atoms with Crippen LogP contribution in [0.25, 0.3) is 0 Å². The molecule has 1 heterocycles. The third-order valence-electron chi connectivity index (χ3n) is 2.84. The second-order valence-electron chi connectivity index (χ2n) is 3.76. The summed E-state index contributed by atoms with van der Waals surface area (Å²) in [6.07, 6.45) is 1.67. The van der Waals surface area contributed by atoms with Gasteiger partial charge in [-0.25, -0.2) is 0 Å². The van der Waals surface area contributed by atoms with Crippen molar-refractivity contribution in [1.29, 1.82) is 5.26 Å². The van der Waals surface area contributed by atoms with Crippen LogP contribution in [0.1, 0.15) is 19.3 Å². The number of nitrogens with one attached hydrogen (secondary N) is 1. The molecule has 84 valence electrons. The quantitative estimate of drug-likeness (QED) is 0.629. The summed E-state index contributed by atoms with van der Waals surface area (Å²) in [5, 5.41) is 11.1. The van der Waals surface area contributed by atoms with Gasteiger partial charge in [-0.15, -0.1) is 0 Å². The van der Waals surface area contributed by atoms with Crippen molar-refractivity contribution < 1.29 is 9.53 Å². The molecule has 1 fully saturated rings. The molecular formula is C10H17N3O2. The zero-order valence-electron chi connectivity index (χ0n) is 8.79. The normalized spacial score (nSPS) is 19.2. The summed E-state index contributed by atoms with van der Waals surface area (Å²) in [6, 6.07) is 1.99. The van der Waals surface area contributed by atoms with E-state index >= 15 is 0 Å². The monoisotopic (exact) mass is 211 g/mol. The minimum absolute atomic E-state index is 0.0384. The Kier molecular flexibility index (Phi) is 4.53. The molecule has 15 heavy (non-hydrogen) atoms. The van der Waals surface area contributed by atoms with Gasteiger partial charge in [-0.2, -0.15) is 5.26 Å². The molecule has 1 aliphatic rings. The molecule has 0 unspecified atom stereocenters. The van der Waals surface area contributed by atoms with Crippen molar-refractivity contribution in [1.82, 2.24) is 5.32 Å². The van der Waals surface area contributed by atoms with Crippen molar-refractivity contribution in [3.05, 3.63) is 0 Å². The Hall–Kier alpha value is -1.12. The minimum Gasteiger partial charge on any atom is -0.381 e. The van der Waals surface area contributed by atoms with E-state index in [4.69, 9.17) is 15.7 Å². The van der Waals surface area contributed by atoms with E-state index in [2.05, 4.69) is 5.32 Å².